The van der Waals surface area contributed by atoms with Crippen molar-refractivity contribution in [3.05, 3.63) is 72.8 Å². The first-order valence-electron chi connectivity index (χ1n) is 9.96. The SMILES string of the molecule is Cn1ccnc1-c1sc(NC(=O)CSCC(=O)Nc2ccc(F)cc2)nc1-c1ccccc1. The van der Waals surface area contributed by atoms with E-state index < -0.39 is 0 Å². The number of carbonyl (C=O) groups is 2. The molecule has 2 aromatic carbocycles. The predicted octanol–water partition coefficient (Wildman–Crippen LogP) is 4.66. The molecule has 2 N–H and O–H groups in total. The quantitative estimate of drug-likeness (QED) is 0.382. The maximum atomic E-state index is 12.9. The van der Waals surface area contributed by atoms with Gasteiger partial charge in [-0.1, -0.05) is 41.7 Å². The van der Waals surface area contributed by atoms with Gasteiger partial charge in [0.15, 0.2) is 11.0 Å². The number of hydrogen-bond acceptors (Lipinski definition) is 6. The molecule has 2 heterocycles. The fraction of sp³-hybridized carbons (Fsp3) is 0.130. The minimum absolute atomic E-state index is 0.0921. The average molecular weight is 482 g/mol. The van der Waals surface area contributed by atoms with Gasteiger partial charge in [0, 0.05) is 30.7 Å². The Balaban J connectivity index is 1.38. The normalized spacial score (nSPS) is 10.7. The van der Waals surface area contributed by atoms with E-state index in [0.717, 1.165) is 22.0 Å². The highest BCUT2D eigenvalue weighted by molar-refractivity contribution is 8.00. The molecular formula is C23H20FN5O2S2. The van der Waals surface area contributed by atoms with E-state index in [2.05, 4.69) is 20.6 Å². The first-order valence-corrected chi connectivity index (χ1v) is 11.9. The molecule has 0 spiro atoms. The highest BCUT2D eigenvalue weighted by atomic mass is 32.2. The van der Waals surface area contributed by atoms with E-state index in [1.165, 1.54) is 47.4 Å². The van der Waals surface area contributed by atoms with Crippen LogP contribution in [0.3, 0.4) is 0 Å². The summed E-state index contributed by atoms with van der Waals surface area (Å²) in [5.74, 6) is 0.0542. The number of hydrogen-bond donors (Lipinski definition) is 2. The van der Waals surface area contributed by atoms with Crippen LogP contribution < -0.4 is 10.6 Å². The van der Waals surface area contributed by atoms with Crippen molar-refractivity contribution in [1.82, 2.24) is 14.5 Å². The highest BCUT2D eigenvalue weighted by Gasteiger charge is 2.19. The molecule has 0 aliphatic rings. The van der Waals surface area contributed by atoms with E-state index in [-0.39, 0.29) is 29.1 Å². The summed E-state index contributed by atoms with van der Waals surface area (Å²) >= 11 is 2.53. The van der Waals surface area contributed by atoms with Crippen molar-refractivity contribution in [2.24, 2.45) is 7.05 Å². The fourth-order valence-electron chi connectivity index (χ4n) is 3.02. The molecule has 0 atom stereocenters. The fourth-order valence-corrected chi connectivity index (χ4v) is 4.68. The second kappa shape index (κ2) is 10.4. The molecule has 0 saturated heterocycles. The number of aryl methyl sites for hydroxylation is 1. The summed E-state index contributed by atoms with van der Waals surface area (Å²) in [7, 11) is 1.91. The van der Waals surface area contributed by atoms with Crippen LogP contribution in [0.15, 0.2) is 67.0 Å². The summed E-state index contributed by atoms with van der Waals surface area (Å²) in [5, 5.41) is 5.95. The summed E-state index contributed by atoms with van der Waals surface area (Å²) < 4.78 is 14.9. The van der Waals surface area contributed by atoms with Crippen LogP contribution in [0.25, 0.3) is 22.0 Å². The smallest absolute Gasteiger partial charge is 0.236 e. The van der Waals surface area contributed by atoms with Gasteiger partial charge in [-0.25, -0.2) is 14.4 Å². The van der Waals surface area contributed by atoms with Crippen LogP contribution in [0.5, 0.6) is 0 Å². The lowest BCUT2D eigenvalue weighted by Crippen LogP contribution is -2.18. The largest absolute Gasteiger partial charge is 0.333 e. The molecule has 2 amide bonds. The summed E-state index contributed by atoms with van der Waals surface area (Å²) in [4.78, 5) is 34.4. The minimum atomic E-state index is -0.372. The number of anilines is 2. The maximum Gasteiger partial charge on any atom is 0.236 e. The Morgan fingerprint density at radius 1 is 1.03 bits per heavy atom. The van der Waals surface area contributed by atoms with E-state index >= 15 is 0 Å². The van der Waals surface area contributed by atoms with Crippen LogP contribution in [-0.4, -0.2) is 37.9 Å². The van der Waals surface area contributed by atoms with Gasteiger partial charge in [0.1, 0.15) is 5.82 Å². The van der Waals surface area contributed by atoms with Gasteiger partial charge in [-0.15, -0.1) is 11.8 Å². The predicted molar refractivity (Wildman–Crippen MR) is 131 cm³/mol. The molecule has 33 heavy (non-hydrogen) atoms. The van der Waals surface area contributed by atoms with E-state index in [1.54, 1.807) is 6.20 Å². The Labute approximate surface area is 198 Å². The van der Waals surface area contributed by atoms with Crippen molar-refractivity contribution in [3.8, 4) is 22.0 Å². The number of nitrogens with one attached hydrogen (secondary N) is 2. The van der Waals surface area contributed by atoms with Crippen molar-refractivity contribution in [2.75, 3.05) is 22.1 Å². The molecule has 2 aromatic heterocycles. The van der Waals surface area contributed by atoms with Crippen molar-refractivity contribution in [1.29, 1.82) is 0 Å². The standard InChI is InChI=1S/C23H20FN5O2S2/c1-29-12-11-25-22(29)21-20(15-5-3-2-4-6-15)28-23(33-21)27-19(31)14-32-13-18(30)26-17-9-7-16(24)8-10-17/h2-12H,13-14H2,1H3,(H,26,30)(H,27,28,31). The van der Waals surface area contributed by atoms with Gasteiger partial charge in [0.05, 0.1) is 22.1 Å². The topological polar surface area (TPSA) is 88.9 Å². The molecule has 0 radical (unpaired) electrons. The van der Waals surface area contributed by atoms with Gasteiger partial charge in [-0.3, -0.25) is 9.59 Å². The molecule has 0 saturated carbocycles. The number of imidazole rings is 1. The van der Waals surface area contributed by atoms with Crippen LogP contribution in [0.1, 0.15) is 0 Å². The lowest BCUT2D eigenvalue weighted by atomic mass is 10.1. The van der Waals surface area contributed by atoms with E-state index in [1.807, 2.05) is 48.1 Å². The van der Waals surface area contributed by atoms with Crippen LogP contribution in [0, 0.1) is 5.82 Å². The van der Waals surface area contributed by atoms with E-state index in [0.29, 0.717) is 10.8 Å². The molecule has 0 aliphatic carbocycles. The number of rotatable bonds is 8. The van der Waals surface area contributed by atoms with Gasteiger partial charge in [0.25, 0.3) is 0 Å². The summed E-state index contributed by atoms with van der Waals surface area (Å²) in [6.45, 7) is 0. The first kappa shape index (κ1) is 22.7. The number of nitrogens with zero attached hydrogens (tertiary/aromatic N) is 3. The molecular weight excluding hydrogens is 461 g/mol. The molecule has 0 fully saturated rings. The van der Waals surface area contributed by atoms with E-state index in [4.69, 9.17) is 0 Å². The average Bonchev–Trinajstić information content (AvgIpc) is 3.41. The zero-order chi connectivity index (χ0) is 23.2. The molecule has 10 heteroatoms. The Morgan fingerprint density at radius 3 is 2.39 bits per heavy atom. The van der Waals surface area contributed by atoms with Crippen molar-refractivity contribution in [3.63, 3.8) is 0 Å². The third kappa shape index (κ3) is 5.85. The van der Waals surface area contributed by atoms with Gasteiger partial charge >= 0.3 is 0 Å². The number of halogens is 1. The van der Waals surface area contributed by atoms with E-state index in [9.17, 15) is 14.0 Å². The lowest BCUT2D eigenvalue weighted by Gasteiger charge is -2.05. The van der Waals surface area contributed by atoms with Crippen LogP contribution in [0.4, 0.5) is 15.2 Å². The number of thiazole rings is 1. The van der Waals surface area contributed by atoms with Gasteiger partial charge in [-0.2, -0.15) is 0 Å². The molecule has 4 rings (SSSR count). The lowest BCUT2D eigenvalue weighted by molar-refractivity contribution is -0.114. The second-order valence-corrected chi connectivity index (χ2v) is 9.01. The van der Waals surface area contributed by atoms with Crippen LogP contribution >= 0.6 is 23.1 Å². The second-order valence-electron chi connectivity index (χ2n) is 7.02. The first-order chi connectivity index (χ1) is 16.0. The Hall–Kier alpha value is -3.50. The molecule has 0 aliphatic heterocycles. The Morgan fingerprint density at radius 2 is 1.73 bits per heavy atom. The Kier molecular flexibility index (Phi) is 7.16. The zero-order valence-electron chi connectivity index (χ0n) is 17.6. The molecule has 168 valence electrons. The van der Waals surface area contributed by atoms with Gasteiger partial charge in [-0.05, 0) is 24.3 Å². The summed E-state index contributed by atoms with van der Waals surface area (Å²) in [6.07, 6.45) is 3.57. The third-order valence-electron chi connectivity index (χ3n) is 4.54. The van der Waals surface area contributed by atoms with Crippen LogP contribution in [-0.2, 0) is 16.6 Å². The number of thioether (sulfide) groups is 1. The number of benzene rings is 2. The minimum Gasteiger partial charge on any atom is -0.333 e. The monoisotopic (exact) mass is 481 g/mol. The van der Waals surface area contributed by atoms with Crippen molar-refractivity contribution < 1.29 is 14.0 Å². The Bertz CT molecular complexity index is 1260. The molecule has 4 aromatic rings. The molecule has 0 unspecified atom stereocenters. The number of amides is 2. The van der Waals surface area contributed by atoms with Crippen molar-refractivity contribution >= 4 is 45.7 Å². The third-order valence-corrected chi connectivity index (χ3v) is 6.44. The molecule has 0 bridgehead atoms. The van der Waals surface area contributed by atoms with Gasteiger partial charge in [0.2, 0.25) is 11.8 Å². The molecule has 7 nitrogen and oxygen atoms in total. The maximum absolute atomic E-state index is 12.9. The van der Waals surface area contributed by atoms with Crippen LogP contribution in [0.2, 0.25) is 0 Å². The highest BCUT2D eigenvalue weighted by Crippen LogP contribution is 2.38. The summed E-state index contributed by atoms with van der Waals surface area (Å²) in [6, 6.07) is 15.2. The van der Waals surface area contributed by atoms with Gasteiger partial charge < -0.3 is 15.2 Å². The van der Waals surface area contributed by atoms with Crippen molar-refractivity contribution in [2.45, 2.75) is 0 Å². The summed E-state index contributed by atoms with van der Waals surface area (Å²) in [5.41, 5.74) is 2.18. The number of aromatic nitrogens is 3. The number of carbonyl (C=O) groups excluding carboxylic acids is 2. The zero-order valence-corrected chi connectivity index (χ0v) is 19.3.